The van der Waals surface area contributed by atoms with Gasteiger partial charge < -0.3 is 52.7 Å². The first kappa shape index (κ1) is 39.6. The van der Waals surface area contributed by atoms with Gasteiger partial charge in [-0.15, -0.1) is 0 Å². The molecule has 2 fully saturated rings. The normalized spacial score (nSPS) is 29.6. The van der Waals surface area contributed by atoms with Crippen LogP contribution in [0.3, 0.4) is 0 Å². The van der Waals surface area contributed by atoms with Gasteiger partial charge in [0.25, 0.3) is 0 Å². The highest BCUT2D eigenvalue weighted by Gasteiger charge is 2.57. The molecule has 2 heterocycles. The summed E-state index contributed by atoms with van der Waals surface area (Å²) in [6.07, 6.45) is -15.2. The van der Waals surface area contributed by atoms with Crippen LogP contribution in [0.15, 0.2) is 12.7 Å². The van der Waals surface area contributed by atoms with E-state index in [1.165, 1.54) is 0 Å². The van der Waals surface area contributed by atoms with E-state index in [1.54, 1.807) is 0 Å². The van der Waals surface area contributed by atoms with Crippen molar-refractivity contribution >= 4 is 47.7 Å². The van der Waals surface area contributed by atoms with Gasteiger partial charge in [0.2, 0.25) is 18.5 Å². The molecule has 0 aromatic heterocycles. The summed E-state index contributed by atoms with van der Waals surface area (Å²) in [5, 5.41) is 2.45. The van der Waals surface area contributed by atoms with Gasteiger partial charge in [-0.25, -0.2) is 0 Å². The molecule has 0 radical (unpaired) electrons. The van der Waals surface area contributed by atoms with Crippen molar-refractivity contribution in [2.75, 3.05) is 13.2 Å². The van der Waals surface area contributed by atoms with Crippen molar-refractivity contribution in [2.24, 2.45) is 0 Å². The average Bonchev–Trinajstić information content (AvgIpc) is 2.95. The van der Waals surface area contributed by atoms with E-state index in [4.69, 9.17) is 47.4 Å². The van der Waals surface area contributed by atoms with Crippen LogP contribution in [0.4, 0.5) is 0 Å². The number of hydrogen-bond acceptors (Lipinski definition) is 18. The highest BCUT2D eigenvalue weighted by molar-refractivity contribution is 5.86. The Labute approximate surface area is 274 Å². The molecular weight excluding hydrogens is 650 g/mol. The monoisotopic (exact) mass is 689 g/mol. The van der Waals surface area contributed by atoms with Crippen molar-refractivity contribution in [3.63, 3.8) is 0 Å². The van der Waals surface area contributed by atoms with Crippen molar-refractivity contribution < 1.29 is 85.7 Å². The minimum absolute atomic E-state index is 0.397. The fourth-order valence-electron chi connectivity index (χ4n) is 4.83. The average molecular weight is 690 g/mol. The van der Waals surface area contributed by atoms with E-state index < -0.39 is 122 Å². The Morgan fingerprint density at radius 1 is 0.542 bits per heavy atom. The fourth-order valence-corrected chi connectivity index (χ4v) is 4.83. The Morgan fingerprint density at radius 2 is 0.896 bits per heavy atom. The molecule has 1 N–H and O–H groups in total. The Bertz CT molecular complexity index is 1250. The van der Waals surface area contributed by atoms with Gasteiger partial charge in [0.05, 0.1) is 0 Å². The standard InChI is InChI=1S/C29H39NO18/c1-9-21(38)30-10-19-22(40-13(3)32)24(42-15(5)34)26(44-17(7)36)28(46-19)48-29-27(45-18(8)37)25(43-16(6)35)23(41-14(4)33)20(47-29)11-39-12(2)31/h9,19-20,22-29H,1,10-11H2,2-8H3,(H,30,38)/t19-,20-,22-,23-,24-,25-,26+,27+,28+,29+/m0/s1. The van der Waals surface area contributed by atoms with Gasteiger partial charge in [0, 0.05) is 55.0 Å². The van der Waals surface area contributed by atoms with E-state index in [0.29, 0.717) is 0 Å². The van der Waals surface area contributed by atoms with Crippen LogP contribution in [0.1, 0.15) is 48.5 Å². The molecule has 2 aliphatic rings. The SMILES string of the molecule is C=CC(=O)NC[C@@H]1O[C@H](O[C@H]2O[C@@H](COC(C)=O)[C@H](OC(C)=O)[C@H](OC(C)=O)[C@H]2OC(C)=O)[C@H](OC(C)=O)[C@@H](OC(C)=O)[C@H]1OC(C)=O. The van der Waals surface area contributed by atoms with E-state index >= 15 is 0 Å². The minimum Gasteiger partial charge on any atom is -0.463 e. The second kappa shape index (κ2) is 18.1. The Hall–Kier alpha value is -4.62. The lowest BCUT2D eigenvalue weighted by atomic mass is 9.96. The van der Waals surface area contributed by atoms with Crippen LogP contribution in [0, 0.1) is 0 Å². The zero-order valence-corrected chi connectivity index (χ0v) is 27.3. The predicted molar refractivity (Wildman–Crippen MR) is 152 cm³/mol. The first-order chi connectivity index (χ1) is 22.4. The van der Waals surface area contributed by atoms with Crippen molar-refractivity contribution in [2.45, 2.75) is 110 Å². The van der Waals surface area contributed by atoms with Crippen LogP contribution in [0.25, 0.3) is 0 Å². The third kappa shape index (κ3) is 11.9. The third-order valence-corrected chi connectivity index (χ3v) is 6.38. The van der Waals surface area contributed by atoms with Gasteiger partial charge in [-0.3, -0.25) is 38.4 Å². The van der Waals surface area contributed by atoms with Crippen LogP contribution in [-0.2, 0) is 85.7 Å². The molecular formula is C29H39NO18. The smallest absolute Gasteiger partial charge is 0.303 e. The second-order valence-corrected chi connectivity index (χ2v) is 10.4. The molecule has 2 saturated heterocycles. The van der Waals surface area contributed by atoms with E-state index in [0.717, 1.165) is 54.5 Å². The number of ether oxygens (including phenoxy) is 10. The highest BCUT2D eigenvalue weighted by Crippen LogP contribution is 2.35. The molecule has 268 valence electrons. The quantitative estimate of drug-likeness (QED) is 0.137. The molecule has 1 amide bonds. The molecule has 0 aromatic rings. The molecule has 19 nitrogen and oxygen atoms in total. The first-order valence-electron chi connectivity index (χ1n) is 14.5. The lowest BCUT2D eigenvalue weighted by Gasteiger charge is -2.48. The number of rotatable bonds is 13. The lowest BCUT2D eigenvalue weighted by molar-refractivity contribution is -0.375. The summed E-state index contributed by atoms with van der Waals surface area (Å²) in [5.74, 6) is -6.85. The molecule has 0 aromatic carbocycles. The molecule has 0 unspecified atom stereocenters. The number of carbonyl (C=O) groups is 8. The fraction of sp³-hybridized carbons (Fsp3) is 0.655. The Morgan fingerprint density at radius 3 is 1.27 bits per heavy atom. The largest absolute Gasteiger partial charge is 0.463 e. The van der Waals surface area contributed by atoms with Crippen molar-refractivity contribution in [1.82, 2.24) is 5.32 Å². The summed E-state index contributed by atoms with van der Waals surface area (Å²) in [6, 6.07) is 0. The predicted octanol–water partition coefficient (Wildman–Crippen LogP) is -1.09. The summed E-state index contributed by atoms with van der Waals surface area (Å²) < 4.78 is 55.4. The van der Waals surface area contributed by atoms with Crippen LogP contribution >= 0.6 is 0 Å². The number of esters is 7. The minimum atomic E-state index is -1.83. The van der Waals surface area contributed by atoms with Crippen LogP contribution < -0.4 is 5.32 Å². The number of hydrogen-bond donors (Lipinski definition) is 1. The Kier molecular flexibility index (Phi) is 14.9. The van der Waals surface area contributed by atoms with Crippen molar-refractivity contribution in [3.05, 3.63) is 12.7 Å². The molecule has 0 saturated carbocycles. The summed E-state index contributed by atoms with van der Waals surface area (Å²) in [4.78, 5) is 96.8. The number of carbonyl (C=O) groups excluding carboxylic acids is 8. The van der Waals surface area contributed by atoms with E-state index in [2.05, 4.69) is 11.9 Å². The summed E-state index contributed by atoms with van der Waals surface area (Å²) in [5.41, 5.74) is 0. The van der Waals surface area contributed by atoms with E-state index in [9.17, 15) is 38.4 Å². The van der Waals surface area contributed by atoms with Crippen molar-refractivity contribution in [3.8, 4) is 0 Å². The zero-order chi connectivity index (χ0) is 36.3. The highest BCUT2D eigenvalue weighted by atomic mass is 16.8. The molecule has 19 heteroatoms. The molecule has 10 atom stereocenters. The molecule has 0 spiro atoms. The zero-order valence-electron chi connectivity index (χ0n) is 27.3. The van der Waals surface area contributed by atoms with Gasteiger partial charge in [0.15, 0.2) is 36.6 Å². The second-order valence-electron chi connectivity index (χ2n) is 10.4. The maximum absolute atomic E-state index is 12.3. The van der Waals surface area contributed by atoms with E-state index in [1.807, 2.05) is 0 Å². The maximum atomic E-state index is 12.3. The summed E-state index contributed by atoms with van der Waals surface area (Å²) >= 11 is 0. The van der Waals surface area contributed by atoms with Crippen LogP contribution in [-0.4, -0.2) is 122 Å². The molecule has 2 rings (SSSR count). The Balaban J connectivity index is 2.70. The van der Waals surface area contributed by atoms with Crippen LogP contribution in [0.5, 0.6) is 0 Å². The first-order valence-corrected chi connectivity index (χ1v) is 14.5. The molecule has 0 aliphatic carbocycles. The van der Waals surface area contributed by atoms with Gasteiger partial charge >= 0.3 is 41.8 Å². The van der Waals surface area contributed by atoms with E-state index in [-0.39, 0.29) is 0 Å². The van der Waals surface area contributed by atoms with Crippen molar-refractivity contribution in [1.29, 1.82) is 0 Å². The third-order valence-electron chi connectivity index (χ3n) is 6.38. The van der Waals surface area contributed by atoms with Crippen LogP contribution in [0.2, 0.25) is 0 Å². The van der Waals surface area contributed by atoms with Gasteiger partial charge in [-0.1, -0.05) is 6.58 Å². The summed E-state index contributed by atoms with van der Waals surface area (Å²) in [7, 11) is 0. The number of amides is 1. The topological polar surface area (TPSA) is 241 Å². The maximum Gasteiger partial charge on any atom is 0.303 e. The molecule has 48 heavy (non-hydrogen) atoms. The molecule has 2 aliphatic heterocycles. The summed E-state index contributed by atoms with van der Waals surface area (Å²) in [6.45, 7) is 9.59. The van der Waals surface area contributed by atoms with Gasteiger partial charge in [-0.2, -0.15) is 0 Å². The van der Waals surface area contributed by atoms with Gasteiger partial charge in [0.1, 0.15) is 18.8 Å². The lowest BCUT2D eigenvalue weighted by Crippen LogP contribution is -2.67. The number of nitrogens with one attached hydrogen (secondary N) is 1. The molecule has 0 bridgehead atoms. The van der Waals surface area contributed by atoms with Gasteiger partial charge in [-0.05, 0) is 6.08 Å².